The van der Waals surface area contributed by atoms with Crippen molar-refractivity contribution >= 4 is 63.7 Å². The molecule has 0 saturated heterocycles. The van der Waals surface area contributed by atoms with Crippen molar-refractivity contribution in [3.05, 3.63) is 87.5 Å². The first-order valence-corrected chi connectivity index (χ1v) is 11.1. The lowest BCUT2D eigenvalue weighted by atomic mass is 10.0. The molecule has 6 nitrogen and oxygen atoms in total. The summed E-state index contributed by atoms with van der Waals surface area (Å²) in [6.45, 7) is 2.02. The molecule has 0 bridgehead atoms. The Kier molecular flexibility index (Phi) is 6.69. The molecule has 2 aromatic carbocycles. The van der Waals surface area contributed by atoms with Gasteiger partial charge in [0.15, 0.2) is 5.11 Å². The number of fused-ring (bicyclic) bond motifs is 1. The minimum Gasteiger partial charge on any atom is -0.333 e. The van der Waals surface area contributed by atoms with Gasteiger partial charge >= 0.3 is 0 Å². The van der Waals surface area contributed by atoms with E-state index in [-0.39, 0.29) is 11.0 Å². The Labute approximate surface area is 201 Å². The van der Waals surface area contributed by atoms with Crippen molar-refractivity contribution in [3.63, 3.8) is 0 Å². The van der Waals surface area contributed by atoms with Gasteiger partial charge in [-0.3, -0.25) is 4.79 Å². The number of amides is 1. The largest absolute Gasteiger partial charge is 0.333 e. The number of pyridine rings is 1. The molecule has 1 unspecified atom stereocenters. The topological polar surface area (TPSA) is 78.4 Å². The van der Waals surface area contributed by atoms with E-state index < -0.39 is 6.17 Å². The van der Waals surface area contributed by atoms with E-state index in [4.69, 9.17) is 35.4 Å². The number of hydrogen-bond donors (Lipinski definition) is 3. The molecular weight excluding hydrogens is 465 g/mol. The smallest absolute Gasteiger partial charge is 0.269 e. The van der Waals surface area contributed by atoms with Gasteiger partial charge in [0, 0.05) is 26.9 Å². The summed E-state index contributed by atoms with van der Waals surface area (Å²) >= 11 is 18.1. The van der Waals surface area contributed by atoms with Crippen LogP contribution >= 0.6 is 35.4 Å². The minimum atomic E-state index is -0.998. The second kappa shape index (κ2) is 9.65. The van der Waals surface area contributed by atoms with Gasteiger partial charge in [0.25, 0.3) is 5.91 Å². The number of aromatic nitrogens is 1. The highest BCUT2D eigenvalue weighted by Gasteiger charge is 2.27. The van der Waals surface area contributed by atoms with Crippen molar-refractivity contribution in [1.29, 1.82) is 0 Å². The van der Waals surface area contributed by atoms with E-state index in [0.29, 0.717) is 38.4 Å². The van der Waals surface area contributed by atoms with Crippen molar-refractivity contribution in [2.24, 2.45) is 4.99 Å². The summed E-state index contributed by atoms with van der Waals surface area (Å²) in [6.07, 6.45) is -0.200. The van der Waals surface area contributed by atoms with E-state index in [0.717, 1.165) is 12.1 Å². The SMILES string of the molecule is CCc1cccc(NC(=S)NC2N=C(c3ccccc3Cl)c3cc(Cl)ccc3NC2=O)n1. The Balaban J connectivity index is 1.68. The number of carbonyl (C=O) groups is 1. The van der Waals surface area contributed by atoms with Crippen molar-refractivity contribution in [2.75, 3.05) is 10.6 Å². The first-order valence-electron chi connectivity index (χ1n) is 9.91. The second-order valence-corrected chi connectivity index (χ2v) is 8.26. The van der Waals surface area contributed by atoms with Crippen molar-refractivity contribution in [1.82, 2.24) is 10.3 Å². The van der Waals surface area contributed by atoms with E-state index in [1.807, 2.05) is 37.3 Å². The van der Waals surface area contributed by atoms with E-state index in [1.165, 1.54) is 0 Å². The van der Waals surface area contributed by atoms with Crippen LogP contribution in [0.3, 0.4) is 0 Å². The average molecular weight is 484 g/mol. The number of halogens is 2. The Morgan fingerprint density at radius 3 is 2.69 bits per heavy atom. The summed E-state index contributed by atoms with van der Waals surface area (Å²) in [4.78, 5) is 22.1. The highest BCUT2D eigenvalue weighted by atomic mass is 35.5. The van der Waals surface area contributed by atoms with Gasteiger partial charge in [-0.15, -0.1) is 0 Å². The molecule has 0 spiro atoms. The molecule has 3 N–H and O–H groups in total. The molecule has 0 saturated carbocycles. The van der Waals surface area contributed by atoms with Gasteiger partial charge in [-0.2, -0.15) is 0 Å². The summed E-state index contributed by atoms with van der Waals surface area (Å²) in [5.41, 5.74) is 3.38. The Morgan fingerprint density at radius 1 is 1.09 bits per heavy atom. The number of rotatable bonds is 4. The zero-order chi connectivity index (χ0) is 22.7. The number of thiocarbonyl (C=S) groups is 1. The van der Waals surface area contributed by atoms with Crippen LogP contribution in [-0.2, 0) is 11.2 Å². The number of anilines is 2. The van der Waals surface area contributed by atoms with Crippen LogP contribution in [0.25, 0.3) is 0 Å². The lowest BCUT2D eigenvalue weighted by Crippen LogP contribution is -2.44. The predicted molar refractivity (Wildman–Crippen MR) is 134 cm³/mol. The highest BCUT2D eigenvalue weighted by molar-refractivity contribution is 7.80. The maximum absolute atomic E-state index is 13.0. The molecule has 162 valence electrons. The molecule has 1 aliphatic heterocycles. The first kappa shape index (κ1) is 22.2. The quantitative estimate of drug-likeness (QED) is 0.452. The standard InChI is InChI=1S/C23H19Cl2N5OS/c1-2-14-6-5-9-19(26-14)28-23(32)30-21-22(31)27-18-11-10-13(24)12-16(18)20(29-21)15-7-3-4-8-17(15)25/h3-12,21H,2H2,1H3,(H,27,31)(H2,26,28,30,32). The maximum Gasteiger partial charge on any atom is 0.269 e. The predicted octanol–water partition coefficient (Wildman–Crippen LogP) is 5.05. The van der Waals surface area contributed by atoms with Crippen LogP contribution in [0, 0.1) is 0 Å². The van der Waals surface area contributed by atoms with Crippen molar-refractivity contribution < 1.29 is 4.79 Å². The van der Waals surface area contributed by atoms with Gasteiger partial charge in [-0.25, -0.2) is 9.98 Å². The van der Waals surface area contributed by atoms with Crippen LogP contribution in [-0.4, -0.2) is 27.9 Å². The molecule has 1 amide bonds. The van der Waals surface area contributed by atoms with Crippen LogP contribution in [0.4, 0.5) is 11.5 Å². The fourth-order valence-electron chi connectivity index (χ4n) is 3.27. The van der Waals surface area contributed by atoms with Gasteiger partial charge in [-0.05, 0) is 55.0 Å². The van der Waals surface area contributed by atoms with Crippen LogP contribution in [0.1, 0.15) is 23.7 Å². The van der Waals surface area contributed by atoms with E-state index in [9.17, 15) is 4.79 Å². The van der Waals surface area contributed by atoms with Crippen LogP contribution in [0.5, 0.6) is 0 Å². The molecule has 3 aromatic rings. The lowest BCUT2D eigenvalue weighted by molar-refractivity contribution is -0.117. The van der Waals surface area contributed by atoms with Gasteiger partial charge in [0.05, 0.1) is 11.4 Å². The van der Waals surface area contributed by atoms with E-state index in [1.54, 1.807) is 30.3 Å². The zero-order valence-corrected chi connectivity index (χ0v) is 19.4. The van der Waals surface area contributed by atoms with Gasteiger partial charge in [0.1, 0.15) is 5.82 Å². The van der Waals surface area contributed by atoms with Gasteiger partial charge < -0.3 is 16.0 Å². The molecule has 4 rings (SSSR count). The summed E-state index contributed by atoms with van der Waals surface area (Å²) in [6, 6.07) is 18.1. The van der Waals surface area contributed by atoms with Crippen molar-refractivity contribution in [2.45, 2.75) is 19.5 Å². The molecule has 0 aliphatic carbocycles. The normalized spacial score (nSPS) is 15.2. The Hall–Kier alpha value is -3.00. The molecular formula is C23H19Cl2N5OS. The molecule has 1 aromatic heterocycles. The number of benzene rings is 2. The number of carbonyl (C=O) groups excluding carboxylic acids is 1. The first-order chi connectivity index (χ1) is 15.4. The number of aryl methyl sites for hydroxylation is 1. The van der Waals surface area contributed by atoms with Crippen LogP contribution < -0.4 is 16.0 Å². The summed E-state index contributed by atoms with van der Waals surface area (Å²) in [7, 11) is 0. The zero-order valence-electron chi connectivity index (χ0n) is 17.0. The fraction of sp³-hybridized carbons (Fsp3) is 0.130. The summed E-state index contributed by atoms with van der Waals surface area (Å²) in [5.74, 6) is 0.219. The highest BCUT2D eigenvalue weighted by Crippen LogP contribution is 2.29. The maximum atomic E-state index is 13.0. The third-order valence-electron chi connectivity index (χ3n) is 4.81. The molecule has 1 atom stereocenters. The van der Waals surface area contributed by atoms with E-state index in [2.05, 4.69) is 25.9 Å². The van der Waals surface area contributed by atoms with Gasteiger partial charge in [0.2, 0.25) is 6.17 Å². The van der Waals surface area contributed by atoms with E-state index >= 15 is 0 Å². The number of nitrogens with zero attached hydrogens (tertiary/aromatic N) is 2. The molecule has 2 heterocycles. The number of nitrogens with one attached hydrogen (secondary N) is 3. The van der Waals surface area contributed by atoms with Crippen LogP contribution in [0.15, 0.2) is 65.7 Å². The molecule has 1 aliphatic rings. The summed E-state index contributed by atoms with van der Waals surface area (Å²) < 4.78 is 0. The Morgan fingerprint density at radius 2 is 1.91 bits per heavy atom. The van der Waals surface area contributed by atoms with Crippen LogP contribution in [0.2, 0.25) is 10.0 Å². The molecule has 32 heavy (non-hydrogen) atoms. The number of hydrogen-bond acceptors (Lipinski definition) is 4. The monoisotopic (exact) mass is 483 g/mol. The molecule has 0 fully saturated rings. The molecule has 9 heteroatoms. The van der Waals surface area contributed by atoms with Crippen molar-refractivity contribution in [3.8, 4) is 0 Å². The minimum absolute atomic E-state index is 0.220. The second-order valence-electron chi connectivity index (χ2n) is 7.01. The third-order valence-corrected chi connectivity index (χ3v) is 5.59. The molecule has 0 radical (unpaired) electrons. The third kappa shape index (κ3) is 4.91. The average Bonchev–Trinajstić information content (AvgIpc) is 2.90. The number of benzodiazepines with no additional fused rings is 1. The summed E-state index contributed by atoms with van der Waals surface area (Å²) in [5, 5.41) is 10.1. The number of aliphatic imine (C=N–C) groups is 1. The fourth-order valence-corrected chi connectivity index (χ4v) is 3.88. The Bertz CT molecular complexity index is 1230. The van der Waals surface area contributed by atoms with Gasteiger partial charge in [-0.1, -0.05) is 54.4 Å². The lowest BCUT2D eigenvalue weighted by Gasteiger charge is -2.16.